The summed E-state index contributed by atoms with van der Waals surface area (Å²) in [5, 5.41) is 0.359. The number of nitrogens with zero attached hydrogens (tertiary/aromatic N) is 2. The summed E-state index contributed by atoms with van der Waals surface area (Å²) >= 11 is 11.6. The number of amides is 1. The van der Waals surface area contributed by atoms with Crippen molar-refractivity contribution in [3.63, 3.8) is 0 Å². The molecule has 0 aliphatic carbocycles. The lowest BCUT2D eigenvalue weighted by Crippen LogP contribution is -2.27. The second-order valence-corrected chi connectivity index (χ2v) is 4.60. The Hall–Kier alpha value is -1.65. The maximum Gasteiger partial charge on any atom is 0.278 e. The van der Waals surface area contributed by atoms with Crippen molar-refractivity contribution in [2.75, 3.05) is 11.9 Å². The number of pyridine rings is 1. The summed E-state index contributed by atoms with van der Waals surface area (Å²) in [7, 11) is 1.51. The van der Waals surface area contributed by atoms with Crippen LogP contribution in [-0.4, -0.2) is 17.9 Å². The molecule has 1 aromatic carbocycles. The van der Waals surface area contributed by atoms with Gasteiger partial charge in [-0.1, -0.05) is 29.3 Å². The minimum Gasteiger partial charge on any atom is -0.310 e. The van der Waals surface area contributed by atoms with Crippen molar-refractivity contribution in [1.29, 1.82) is 0 Å². The van der Waals surface area contributed by atoms with Crippen LogP contribution in [0, 0.1) is 5.82 Å². The van der Waals surface area contributed by atoms with E-state index in [4.69, 9.17) is 23.2 Å². The summed E-state index contributed by atoms with van der Waals surface area (Å²) in [6.07, 6.45) is 0. The summed E-state index contributed by atoms with van der Waals surface area (Å²) in [5.74, 6) is -0.889. The first-order valence-corrected chi connectivity index (χ1v) is 6.10. The SMILES string of the molecule is CN(C(=O)c1nc(Cl)ccc1Cl)c1cccc(F)c1. The number of aromatic nitrogens is 1. The smallest absolute Gasteiger partial charge is 0.278 e. The highest BCUT2D eigenvalue weighted by Gasteiger charge is 2.18. The van der Waals surface area contributed by atoms with E-state index in [0.717, 1.165) is 0 Å². The van der Waals surface area contributed by atoms with Crippen LogP contribution in [0.15, 0.2) is 36.4 Å². The lowest BCUT2D eigenvalue weighted by molar-refractivity contribution is 0.0988. The highest BCUT2D eigenvalue weighted by molar-refractivity contribution is 6.35. The molecule has 19 heavy (non-hydrogen) atoms. The molecule has 0 saturated heterocycles. The number of halogens is 3. The molecule has 98 valence electrons. The van der Waals surface area contributed by atoms with E-state index in [1.54, 1.807) is 6.07 Å². The van der Waals surface area contributed by atoms with E-state index in [0.29, 0.717) is 5.69 Å². The zero-order valence-corrected chi connectivity index (χ0v) is 11.4. The summed E-state index contributed by atoms with van der Waals surface area (Å²) in [5.41, 5.74) is 0.434. The molecule has 2 aromatic rings. The van der Waals surface area contributed by atoms with Crippen LogP contribution in [-0.2, 0) is 0 Å². The van der Waals surface area contributed by atoms with Crippen LogP contribution >= 0.6 is 23.2 Å². The first-order chi connectivity index (χ1) is 8.99. The van der Waals surface area contributed by atoms with Crippen LogP contribution in [0.4, 0.5) is 10.1 Å². The third kappa shape index (κ3) is 3.03. The van der Waals surface area contributed by atoms with Crippen molar-refractivity contribution < 1.29 is 9.18 Å². The number of hydrogen-bond donors (Lipinski definition) is 0. The molecule has 0 saturated carbocycles. The van der Waals surface area contributed by atoms with Crippen molar-refractivity contribution in [3.8, 4) is 0 Å². The zero-order chi connectivity index (χ0) is 14.0. The van der Waals surface area contributed by atoms with Crippen LogP contribution in [0.5, 0.6) is 0 Å². The number of carbonyl (C=O) groups is 1. The van der Waals surface area contributed by atoms with Gasteiger partial charge in [0.05, 0.1) is 5.02 Å². The van der Waals surface area contributed by atoms with E-state index in [-0.39, 0.29) is 15.9 Å². The summed E-state index contributed by atoms with van der Waals surface area (Å²) in [6, 6.07) is 8.65. The summed E-state index contributed by atoms with van der Waals surface area (Å²) in [4.78, 5) is 17.4. The minimum absolute atomic E-state index is 0.0286. The maximum atomic E-state index is 13.1. The Bertz CT molecular complexity index is 634. The van der Waals surface area contributed by atoms with Crippen molar-refractivity contribution in [2.24, 2.45) is 0 Å². The molecule has 1 heterocycles. The fourth-order valence-corrected chi connectivity index (χ4v) is 1.86. The molecule has 0 radical (unpaired) electrons. The third-order valence-electron chi connectivity index (χ3n) is 2.51. The number of rotatable bonds is 2. The molecular formula is C13H9Cl2FN2O. The van der Waals surface area contributed by atoms with Gasteiger partial charge in [0.25, 0.3) is 5.91 Å². The molecule has 2 rings (SSSR count). The maximum absolute atomic E-state index is 13.1. The van der Waals surface area contributed by atoms with E-state index < -0.39 is 11.7 Å². The first-order valence-electron chi connectivity index (χ1n) is 5.34. The average Bonchev–Trinajstić information content (AvgIpc) is 2.40. The number of carbonyl (C=O) groups excluding carboxylic acids is 1. The van der Waals surface area contributed by atoms with Gasteiger partial charge < -0.3 is 4.90 Å². The molecule has 0 spiro atoms. The molecular weight excluding hydrogens is 290 g/mol. The first kappa shape index (κ1) is 13.8. The fourth-order valence-electron chi connectivity index (χ4n) is 1.53. The van der Waals surface area contributed by atoms with E-state index in [2.05, 4.69) is 4.98 Å². The normalized spacial score (nSPS) is 10.3. The lowest BCUT2D eigenvalue weighted by Gasteiger charge is -2.17. The van der Waals surface area contributed by atoms with Gasteiger partial charge in [-0.2, -0.15) is 0 Å². The van der Waals surface area contributed by atoms with Gasteiger partial charge in [-0.05, 0) is 30.3 Å². The van der Waals surface area contributed by atoms with Crippen LogP contribution in [0.25, 0.3) is 0 Å². The average molecular weight is 299 g/mol. The Labute approximate surface area is 119 Å². The molecule has 0 unspecified atom stereocenters. The van der Waals surface area contributed by atoms with E-state index >= 15 is 0 Å². The highest BCUT2D eigenvalue weighted by Crippen LogP contribution is 2.21. The van der Waals surface area contributed by atoms with Gasteiger partial charge in [0.1, 0.15) is 16.7 Å². The topological polar surface area (TPSA) is 33.2 Å². The fraction of sp³-hybridized carbons (Fsp3) is 0.0769. The Morgan fingerprint density at radius 1 is 1.26 bits per heavy atom. The Kier molecular flexibility index (Phi) is 4.02. The quantitative estimate of drug-likeness (QED) is 0.790. The van der Waals surface area contributed by atoms with Crippen LogP contribution in [0.3, 0.4) is 0 Å². The minimum atomic E-state index is -0.460. The van der Waals surface area contributed by atoms with Crippen LogP contribution < -0.4 is 4.90 Å². The van der Waals surface area contributed by atoms with Gasteiger partial charge in [-0.3, -0.25) is 4.79 Å². The van der Waals surface area contributed by atoms with Crippen molar-refractivity contribution in [1.82, 2.24) is 4.98 Å². The van der Waals surface area contributed by atoms with Gasteiger partial charge >= 0.3 is 0 Å². The second-order valence-electron chi connectivity index (χ2n) is 3.81. The largest absolute Gasteiger partial charge is 0.310 e. The highest BCUT2D eigenvalue weighted by atomic mass is 35.5. The second kappa shape index (κ2) is 5.55. The van der Waals surface area contributed by atoms with Gasteiger partial charge in [-0.25, -0.2) is 9.37 Å². The lowest BCUT2D eigenvalue weighted by atomic mass is 10.2. The van der Waals surface area contributed by atoms with Gasteiger partial charge in [0, 0.05) is 12.7 Å². The third-order valence-corrected chi connectivity index (χ3v) is 3.03. The van der Waals surface area contributed by atoms with Gasteiger partial charge in [0.15, 0.2) is 0 Å². The molecule has 0 atom stereocenters. The van der Waals surface area contributed by atoms with Crippen molar-refractivity contribution in [3.05, 3.63) is 58.1 Å². The van der Waals surface area contributed by atoms with E-state index in [1.165, 1.54) is 42.3 Å². The molecule has 0 aliphatic heterocycles. The number of hydrogen-bond acceptors (Lipinski definition) is 2. The summed E-state index contributed by atoms with van der Waals surface area (Å²) < 4.78 is 13.1. The molecule has 0 bridgehead atoms. The predicted molar refractivity (Wildman–Crippen MR) is 73.4 cm³/mol. The Balaban J connectivity index is 2.36. The molecule has 1 amide bonds. The molecule has 0 N–H and O–H groups in total. The van der Waals surface area contributed by atoms with Crippen LogP contribution in [0.2, 0.25) is 10.2 Å². The predicted octanol–water partition coefficient (Wildman–Crippen LogP) is 3.80. The Morgan fingerprint density at radius 3 is 2.68 bits per heavy atom. The standard InChI is InChI=1S/C13H9Cl2FN2O/c1-18(9-4-2-3-8(16)7-9)13(19)12-10(14)5-6-11(15)17-12/h2-7H,1H3. The number of benzene rings is 1. The van der Waals surface area contributed by atoms with Crippen LogP contribution in [0.1, 0.15) is 10.5 Å². The molecule has 3 nitrogen and oxygen atoms in total. The van der Waals surface area contributed by atoms with Crippen molar-refractivity contribution >= 4 is 34.8 Å². The summed E-state index contributed by atoms with van der Waals surface area (Å²) in [6.45, 7) is 0. The molecule has 6 heteroatoms. The monoisotopic (exact) mass is 298 g/mol. The van der Waals surface area contributed by atoms with Crippen molar-refractivity contribution in [2.45, 2.75) is 0 Å². The van der Waals surface area contributed by atoms with Gasteiger partial charge in [0.2, 0.25) is 0 Å². The molecule has 1 aromatic heterocycles. The molecule has 0 aliphatic rings. The number of anilines is 1. The zero-order valence-electron chi connectivity index (χ0n) is 9.90. The van der Waals surface area contributed by atoms with Gasteiger partial charge in [-0.15, -0.1) is 0 Å². The molecule has 0 fully saturated rings. The van der Waals surface area contributed by atoms with E-state index in [9.17, 15) is 9.18 Å². The Morgan fingerprint density at radius 2 is 2.00 bits per heavy atom. The van der Waals surface area contributed by atoms with E-state index in [1.807, 2.05) is 0 Å².